The molecule has 0 spiro atoms. The molecular weight excluding hydrogens is 242 g/mol. The highest BCUT2D eigenvalue weighted by molar-refractivity contribution is 5.52. The molecule has 0 bridgehead atoms. The van der Waals surface area contributed by atoms with Crippen molar-refractivity contribution in [3.8, 4) is 0 Å². The van der Waals surface area contributed by atoms with E-state index in [-0.39, 0.29) is 11.7 Å². The van der Waals surface area contributed by atoms with Gasteiger partial charge in [-0.2, -0.15) is 0 Å². The molecule has 2 aromatic rings. The Balaban J connectivity index is 2.08. The summed E-state index contributed by atoms with van der Waals surface area (Å²) in [4.78, 5) is 0. The molecule has 96 valence electrons. The van der Waals surface area contributed by atoms with Crippen LogP contribution in [-0.2, 0) is 6.54 Å². The van der Waals surface area contributed by atoms with Crippen molar-refractivity contribution in [2.75, 3.05) is 11.9 Å². The summed E-state index contributed by atoms with van der Waals surface area (Å²) in [6.45, 7) is 3.14. The molecule has 2 N–H and O–H groups in total. The molecule has 0 unspecified atom stereocenters. The van der Waals surface area contributed by atoms with Crippen molar-refractivity contribution >= 4 is 11.7 Å². The summed E-state index contributed by atoms with van der Waals surface area (Å²) >= 11 is 0. The summed E-state index contributed by atoms with van der Waals surface area (Å²) in [7, 11) is 0. The lowest BCUT2D eigenvalue weighted by Crippen LogP contribution is -2.11. The van der Waals surface area contributed by atoms with Crippen molar-refractivity contribution in [2.24, 2.45) is 0 Å². The van der Waals surface area contributed by atoms with Gasteiger partial charge in [-0.15, -0.1) is 5.10 Å². The molecule has 1 heterocycles. The average molecular weight is 254 g/mol. The van der Waals surface area contributed by atoms with Crippen molar-refractivity contribution in [3.63, 3.8) is 0 Å². The van der Waals surface area contributed by atoms with Gasteiger partial charge in [-0.05, 0) is 18.7 Å². The molecular formula is C11H12F2N4O. The van der Waals surface area contributed by atoms with E-state index in [9.17, 15) is 8.78 Å². The molecule has 18 heavy (non-hydrogen) atoms. The predicted octanol–water partition coefficient (Wildman–Crippen LogP) is 2.20. The molecule has 1 aromatic carbocycles. The quantitative estimate of drug-likeness (QED) is 0.856. The second kappa shape index (κ2) is 5.54. The first-order chi connectivity index (χ1) is 8.69. The summed E-state index contributed by atoms with van der Waals surface area (Å²) in [6.07, 6.45) is 0. The maximum Gasteiger partial charge on any atom is 0.320 e. The molecule has 0 aliphatic rings. The Kier molecular flexibility index (Phi) is 3.83. The highest BCUT2D eigenvalue weighted by Crippen LogP contribution is 2.19. The fourth-order valence-electron chi connectivity index (χ4n) is 1.32. The summed E-state index contributed by atoms with van der Waals surface area (Å²) < 4.78 is 31.5. The third-order valence-corrected chi connectivity index (χ3v) is 2.16. The molecule has 5 nitrogen and oxygen atoms in total. The molecule has 0 fully saturated rings. The van der Waals surface area contributed by atoms with Crippen LogP contribution in [0.2, 0.25) is 0 Å². The van der Waals surface area contributed by atoms with Gasteiger partial charge in [-0.1, -0.05) is 12.0 Å². The van der Waals surface area contributed by atoms with Crippen LogP contribution in [-0.4, -0.2) is 16.7 Å². The number of anilines is 2. The Bertz CT molecular complexity index is 530. The minimum Gasteiger partial charge on any atom is -0.406 e. The van der Waals surface area contributed by atoms with Gasteiger partial charge in [0, 0.05) is 6.07 Å². The minimum atomic E-state index is -0.595. The maximum atomic E-state index is 13.3. The van der Waals surface area contributed by atoms with Crippen LogP contribution in [0.1, 0.15) is 12.8 Å². The monoisotopic (exact) mass is 254 g/mol. The number of rotatable bonds is 5. The van der Waals surface area contributed by atoms with E-state index in [1.54, 1.807) is 0 Å². The van der Waals surface area contributed by atoms with Crippen molar-refractivity contribution in [3.05, 3.63) is 35.7 Å². The third-order valence-electron chi connectivity index (χ3n) is 2.16. The normalized spacial score (nSPS) is 10.6. The van der Waals surface area contributed by atoms with Crippen LogP contribution in [0.3, 0.4) is 0 Å². The van der Waals surface area contributed by atoms with Crippen molar-refractivity contribution < 1.29 is 13.2 Å². The molecule has 0 aliphatic heterocycles. The Labute approximate surface area is 102 Å². The number of hydrogen-bond acceptors (Lipinski definition) is 5. The molecule has 2 rings (SSSR count). The zero-order valence-corrected chi connectivity index (χ0v) is 9.70. The Morgan fingerprint density at radius 3 is 2.89 bits per heavy atom. The zero-order valence-electron chi connectivity index (χ0n) is 9.70. The lowest BCUT2D eigenvalue weighted by Gasteiger charge is -2.02. The van der Waals surface area contributed by atoms with Crippen molar-refractivity contribution in [2.45, 2.75) is 13.5 Å². The standard InChI is InChI=1S/C11H12F2N4O/c1-2-14-6-10-16-17-11(18-10)15-9-5-7(12)3-4-8(9)13/h3-5,14H,2,6H2,1H3,(H,15,17). The summed E-state index contributed by atoms with van der Waals surface area (Å²) in [6, 6.07) is 3.09. The van der Waals surface area contributed by atoms with Gasteiger partial charge in [0.2, 0.25) is 5.89 Å². The van der Waals surface area contributed by atoms with E-state index in [1.165, 1.54) is 0 Å². The topological polar surface area (TPSA) is 63.0 Å². The van der Waals surface area contributed by atoms with Gasteiger partial charge in [0.25, 0.3) is 0 Å². The van der Waals surface area contributed by atoms with E-state index < -0.39 is 11.6 Å². The fraction of sp³-hybridized carbons (Fsp3) is 0.273. The fourth-order valence-corrected chi connectivity index (χ4v) is 1.32. The lowest BCUT2D eigenvalue weighted by atomic mass is 10.3. The first kappa shape index (κ1) is 12.4. The summed E-state index contributed by atoms with van der Waals surface area (Å²) in [5.74, 6) is -0.773. The smallest absolute Gasteiger partial charge is 0.320 e. The SMILES string of the molecule is CCNCc1nnc(Nc2cc(F)ccc2F)o1. The van der Waals surface area contributed by atoms with E-state index in [0.717, 1.165) is 24.7 Å². The van der Waals surface area contributed by atoms with Crippen LogP contribution in [0.15, 0.2) is 22.6 Å². The molecule has 0 radical (unpaired) electrons. The van der Waals surface area contributed by atoms with E-state index in [2.05, 4.69) is 20.8 Å². The number of halogens is 2. The van der Waals surface area contributed by atoms with Gasteiger partial charge in [0.15, 0.2) is 0 Å². The van der Waals surface area contributed by atoms with Crippen molar-refractivity contribution in [1.29, 1.82) is 0 Å². The molecule has 1 aromatic heterocycles. The highest BCUT2D eigenvalue weighted by Gasteiger charge is 2.09. The first-order valence-electron chi connectivity index (χ1n) is 5.44. The number of nitrogens with zero attached hydrogens (tertiary/aromatic N) is 2. The predicted molar refractivity (Wildman–Crippen MR) is 61.3 cm³/mol. The lowest BCUT2D eigenvalue weighted by molar-refractivity contribution is 0.483. The Morgan fingerprint density at radius 2 is 2.11 bits per heavy atom. The second-order valence-electron chi connectivity index (χ2n) is 3.53. The first-order valence-corrected chi connectivity index (χ1v) is 5.44. The number of hydrogen-bond donors (Lipinski definition) is 2. The van der Waals surface area contributed by atoms with E-state index in [4.69, 9.17) is 4.42 Å². The Hall–Kier alpha value is -2.02. The van der Waals surface area contributed by atoms with Crippen molar-refractivity contribution in [1.82, 2.24) is 15.5 Å². The Morgan fingerprint density at radius 1 is 1.28 bits per heavy atom. The molecule has 0 atom stereocenters. The van der Waals surface area contributed by atoms with E-state index >= 15 is 0 Å². The third kappa shape index (κ3) is 3.01. The maximum absolute atomic E-state index is 13.3. The molecule has 0 amide bonds. The van der Waals surface area contributed by atoms with E-state index in [1.807, 2.05) is 6.92 Å². The van der Waals surface area contributed by atoms with Crippen LogP contribution in [0.5, 0.6) is 0 Å². The van der Waals surface area contributed by atoms with Crippen LogP contribution in [0.4, 0.5) is 20.5 Å². The minimum absolute atomic E-state index is 0.0207. The zero-order chi connectivity index (χ0) is 13.0. The molecule has 0 aliphatic carbocycles. The van der Waals surface area contributed by atoms with Crippen LogP contribution < -0.4 is 10.6 Å². The van der Waals surface area contributed by atoms with Gasteiger partial charge in [0.05, 0.1) is 12.2 Å². The average Bonchev–Trinajstić information content (AvgIpc) is 2.79. The van der Waals surface area contributed by atoms with Gasteiger partial charge >= 0.3 is 6.01 Å². The largest absolute Gasteiger partial charge is 0.406 e. The molecule has 7 heteroatoms. The number of nitrogens with one attached hydrogen (secondary N) is 2. The van der Waals surface area contributed by atoms with Gasteiger partial charge in [-0.25, -0.2) is 8.78 Å². The van der Waals surface area contributed by atoms with Crippen LogP contribution in [0, 0.1) is 11.6 Å². The van der Waals surface area contributed by atoms with Gasteiger partial charge in [-0.3, -0.25) is 0 Å². The van der Waals surface area contributed by atoms with Crippen LogP contribution >= 0.6 is 0 Å². The number of aromatic nitrogens is 2. The summed E-state index contributed by atoms with van der Waals surface area (Å²) in [5, 5.41) is 13.0. The summed E-state index contributed by atoms with van der Waals surface area (Å²) in [5.41, 5.74) is -0.0475. The van der Waals surface area contributed by atoms with Gasteiger partial charge < -0.3 is 15.1 Å². The number of benzene rings is 1. The van der Waals surface area contributed by atoms with Gasteiger partial charge in [0.1, 0.15) is 11.6 Å². The van der Waals surface area contributed by atoms with E-state index in [0.29, 0.717) is 12.4 Å². The molecule has 0 saturated heterocycles. The van der Waals surface area contributed by atoms with Crippen LogP contribution in [0.25, 0.3) is 0 Å². The molecule has 0 saturated carbocycles. The second-order valence-corrected chi connectivity index (χ2v) is 3.53. The highest BCUT2D eigenvalue weighted by atomic mass is 19.1.